The Kier molecular flexibility index (Phi) is 7.33. The highest BCUT2D eigenvalue weighted by molar-refractivity contribution is 7.92. The molecule has 2 aromatic carbocycles. The van der Waals surface area contributed by atoms with Gasteiger partial charge in [0, 0.05) is 24.0 Å². The predicted molar refractivity (Wildman–Crippen MR) is 156 cm³/mol. The van der Waals surface area contributed by atoms with Crippen LogP contribution in [0.5, 0.6) is 0 Å². The maximum atomic E-state index is 13.3. The van der Waals surface area contributed by atoms with Crippen molar-refractivity contribution in [1.29, 1.82) is 0 Å². The molecule has 40 heavy (non-hydrogen) atoms. The Morgan fingerprint density at radius 2 is 1.73 bits per heavy atom. The van der Waals surface area contributed by atoms with Crippen molar-refractivity contribution in [3.05, 3.63) is 59.9 Å². The van der Waals surface area contributed by atoms with Crippen LogP contribution in [0.1, 0.15) is 56.6 Å². The van der Waals surface area contributed by atoms with Gasteiger partial charge in [-0.05, 0) is 99.7 Å². The zero-order valence-electron chi connectivity index (χ0n) is 22.6. The molecular weight excluding hydrogens is 526 g/mol. The summed E-state index contributed by atoms with van der Waals surface area (Å²) in [6, 6.07) is 12.9. The quantitative estimate of drug-likeness (QED) is 0.237. The van der Waals surface area contributed by atoms with Gasteiger partial charge in [0.05, 0.1) is 17.3 Å². The molecule has 4 aromatic rings. The number of hydrogen-bond donors (Lipinski definition) is 4. The number of aliphatic hydroxyl groups excluding tert-OH is 1. The van der Waals surface area contributed by atoms with Gasteiger partial charge in [0.1, 0.15) is 0 Å². The Morgan fingerprint density at radius 1 is 0.975 bits per heavy atom. The summed E-state index contributed by atoms with van der Waals surface area (Å²) >= 11 is 0. The summed E-state index contributed by atoms with van der Waals surface area (Å²) in [4.78, 5) is 14.4. The molecule has 0 unspecified atom stereocenters. The summed E-state index contributed by atoms with van der Waals surface area (Å²) in [5, 5.41) is 16.6. The first-order chi connectivity index (χ1) is 19.4. The molecule has 210 valence electrons. The van der Waals surface area contributed by atoms with Gasteiger partial charge in [-0.2, -0.15) is 9.97 Å². The maximum Gasteiger partial charge on any atom is 0.262 e. The molecular formula is C29H35N7O3S. The molecule has 0 aliphatic heterocycles. The Balaban J connectivity index is 1.22. The summed E-state index contributed by atoms with van der Waals surface area (Å²) in [5.41, 5.74) is 4.69. The molecule has 0 atom stereocenters. The number of rotatable bonds is 8. The van der Waals surface area contributed by atoms with E-state index in [-0.39, 0.29) is 12.1 Å². The summed E-state index contributed by atoms with van der Waals surface area (Å²) < 4.78 is 31.3. The lowest BCUT2D eigenvalue weighted by Gasteiger charge is -2.26. The van der Waals surface area contributed by atoms with Crippen molar-refractivity contribution in [3.63, 3.8) is 0 Å². The number of benzene rings is 2. The first kappa shape index (κ1) is 26.5. The number of aromatic nitrogens is 4. The van der Waals surface area contributed by atoms with Crippen LogP contribution in [-0.2, 0) is 29.4 Å². The number of nitrogens with zero attached hydrogens (tertiary/aromatic N) is 4. The first-order valence-electron chi connectivity index (χ1n) is 14.1. The second kappa shape index (κ2) is 11.1. The third-order valence-electron chi connectivity index (χ3n) is 7.88. The van der Waals surface area contributed by atoms with E-state index in [4.69, 9.17) is 9.97 Å². The lowest BCUT2D eigenvalue weighted by molar-refractivity contribution is 0.126. The van der Waals surface area contributed by atoms with Gasteiger partial charge in [-0.1, -0.05) is 12.1 Å². The van der Waals surface area contributed by atoms with E-state index in [1.54, 1.807) is 24.5 Å². The topological polar surface area (TPSA) is 134 Å². The molecule has 6 rings (SSSR count). The Labute approximate surface area is 234 Å². The largest absolute Gasteiger partial charge is 0.393 e. The molecule has 1 fully saturated rings. The number of fused-ring (bicyclic) bond motifs is 2. The number of aryl methyl sites for hydroxylation is 2. The highest BCUT2D eigenvalue weighted by Gasteiger charge is 2.23. The van der Waals surface area contributed by atoms with Gasteiger partial charge < -0.3 is 20.3 Å². The summed E-state index contributed by atoms with van der Waals surface area (Å²) in [6.45, 7) is 2.76. The van der Waals surface area contributed by atoms with Gasteiger partial charge in [-0.15, -0.1) is 0 Å². The summed E-state index contributed by atoms with van der Waals surface area (Å²) in [7, 11) is -3.71. The van der Waals surface area contributed by atoms with Crippen molar-refractivity contribution < 1.29 is 13.5 Å². The lowest BCUT2D eigenvalue weighted by atomic mass is 9.92. The minimum absolute atomic E-state index is 0.203. The van der Waals surface area contributed by atoms with Crippen LogP contribution in [-0.4, -0.2) is 45.2 Å². The maximum absolute atomic E-state index is 13.3. The van der Waals surface area contributed by atoms with Gasteiger partial charge in [0.25, 0.3) is 10.0 Å². The molecule has 11 heteroatoms. The minimum atomic E-state index is -3.71. The average molecular weight is 562 g/mol. The molecule has 2 heterocycles. The number of anilines is 4. The molecule has 0 radical (unpaired) electrons. The number of imidazole rings is 1. The van der Waals surface area contributed by atoms with Crippen LogP contribution >= 0.6 is 0 Å². The molecule has 0 bridgehead atoms. The number of hydrogen-bond acceptors (Lipinski definition) is 8. The molecule has 2 aliphatic carbocycles. The van der Waals surface area contributed by atoms with Crippen molar-refractivity contribution in [2.45, 2.75) is 81.9 Å². The van der Waals surface area contributed by atoms with E-state index in [9.17, 15) is 13.5 Å². The smallest absolute Gasteiger partial charge is 0.262 e. The molecule has 10 nitrogen and oxygen atoms in total. The van der Waals surface area contributed by atoms with Crippen LogP contribution in [0.15, 0.2) is 53.7 Å². The van der Waals surface area contributed by atoms with E-state index in [0.29, 0.717) is 27.9 Å². The third kappa shape index (κ3) is 5.48. The van der Waals surface area contributed by atoms with Crippen LogP contribution in [0.2, 0.25) is 0 Å². The molecule has 1 saturated carbocycles. The van der Waals surface area contributed by atoms with E-state index in [1.165, 1.54) is 0 Å². The molecule has 2 aromatic heterocycles. The van der Waals surface area contributed by atoms with Gasteiger partial charge in [0.15, 0.2) is 17.0 Å². The van der Waals surface area contributed by atoms with E-state index in [0.717, 1.165) is 80.4 Å². The van der Waals surface area contributed by atoms with Crippen LogP contribution in [0.25, 0.3) is 11.2 Å². The van der Waals surface area contributed by atoms with Crippen molar-refractivity contribution in [2.75, 3.05) is 15.4 Å². The fourth-order valence-corrected chi connectivity index (χ4v) is 7.07. The zero-order valence-corrected chi connectivity index (χ0v) is 23.4. The van der Waals surface area contributed by atoms with Crippen LogP contribution in [0.4, 0.5) is 23.1 Å². The van der Waals surface area contributed by atoms with E-state index < -0.39 is 10.0 Å². The summed E-state index contributed by atoms with van der Waals surface area (Å²) in [5.74, 6) is 1.09. The molecule has 4 N–H and O–H groups in total. The summed E-state index contributed by atoms with van der Waals surface area (Å²) in [6.07, 6.45) is 8.59. The number of nitrogens with one attached hydrogen (secondary N) is 3. The van der Waals surface area contributed by atoms with E-state index >= 15 is 0 Å². The molecule has 0 spiro atoms. The zero-order chi connectivity index (χ0) is 27.7. The van der Waals surface area contributed by atoms with E-state index in [1.807, 2.05) is 35.8 Å². The van der Waals surface area contributed by atoms with Crippen molar-refractivity contribution in [2.24, 2.45) is 0 Å². The van der Waals surface area contributed by atoms with E-state index in [2.05, 4.69) is 20.3 Å². The third-order valence-corrected chi connectivity index (χ3v) is 9.34. The average Bonchev–Trinajstić information content (AvgIpc) is 3.38. The molecule has 0 saturated heterocycles. The normalized spacial score (nSPS) is 19.2. The Bertz CT molecular complexity index is 1610. The second-order valence-electron chi connectivity index (χ2n) is 10.7. The van der Waals surface area contributed by atoms with Crippen molar-refractivity contribution in [3.8, 4) is 0 Å². The highest BCUT2D eigenvalue weighted by atomic mass is 32.2. The van der Waals surface area contributed by atoms with Crippen LogP contribution in [0, 0.1) is 0 Å². The fourth-order valence-electron chi connectivity index (χ4n) is 5.70. The number of sulfonamides is 1. The van der Waals surface area contributed by atoms with Crippen molar-refractivity contribution >= 4 is 44.3 Å². The van der Waals surface area contributed by atoms with Gasteiger partial charge in [-0.25, -0.2) is 13.4 Å². The van der Waals surface area contributed by atoms with Gasteiger partial charge >= 0.3 is 0 Å². The Morgan fingerprint density at radius 3 is 2.50 bits per heavy atom. The molecule has 0 amide bonds. The Hall–Kier alpha value is -3.70. The SMILES string of the molecule is CCn1cnc2c(Nc3ccc(NS(=O)(=O)c4cccc5c4CCCC5)cc3)nc(NC3CCC(O)CC3)nc21. The fraction of sp³-hybridized carbons (Fsp3) is 0.414. The minimum Gasteiger partial charge on any atom is -0.393 e. The monoisotopic (exact) mass is 561 g/mol. The lowest BCUT2D eigenvalue weighted by Crippen LogP contribution is -2.29. The standard InChI is InChI=1S/C29H35N7O3S/c1-2-36-18-30-26-27(33-29(34-28(26)36)32-21-14-16-23(37)17-15-21)31-20-10-12-22(13-11-20)35-40(38,39)25-9-5-7-19-6-3-4-8-24(19)25/h5,7,9-13,18,21,23,35,37H,2-4,6,8,14-17H2,1H3,(H2,31,32,33,34). The van der Waals surface area contributed by atoms with Crippen molar-refractivity contribution in [1.82, 2.24) is 19.5 Å². The number of aliphatic hydroxyl groups is 1. The molecule has 2 aliphatic rings. The second-order valence-corrected chi connectivity index (χ2v) is 12.3. The predicted octanol–water partition coefficient (Wildman–Crippen LogP) is 4.98. The van der Waals surface area contributed by atoms with Crippen LogP contribution < -0.4 is 15.4 Å². The highest BCUT2D eigenvalue weighted by Crippen LogP contribution is 2.30. The van der Waals surface area contributed by atoms with Gasteiger partial charge in [-0.3, -0.25) is 4.72 Å². The first-order valence-corrected chi connectivity index (χ1v) is 15.6. The van der Waals surface area contributed by atoms with Gasteiger partial charge in [0.2, 0.25) is 5.95 Å². The van der Waals surface area contributed by atoms with Crippen LogP contribution in [0.3, 0.4) is 0 Å².